The molecule has 0 unspecified atom stereocenters. The minimum atomic E-state index is -1.10. The van der Waals surface area contributed by atoms with Gasteiger partial charge in [0, 0.05) is 5.46 Å². The number of hydrogen-bond donors (Lipinski definition) is 1. The number of carboxylic acid groups (broad SMARTS) is 1. The number of halogens is 1. The molecule has 1 heterocycles. The van der Waals surface area contributed by atoms with Crippen LogP contribution in [0.1, 0.15) is 10.4 Å². The summed E-state index contributed by atoms with van der Waals surface area (Å²) in [5.74, 6) is -1.62. The highest BCUT2D eigenvalue weighted by Gasteiger charge is 2.29. The lowest BCUT2D eigenvalue weighted by Crippen LogP contribution is -2.35. The molecule has 0 aromatic heterocycles. The summed E-state index contributed by atoms with van der Waals surface area (Å²) in [4.78, 5) is 10.7. The van der Waals surface area contributed by atoms with E-state index in [2.05, 4.69) is 0 Å². The van der Waals surface area contributed by atoms with E-state index in [-0.39, 0.29) is 11.0 Å². The summed E-state index contributed by atoms with van der Waals surface area (Å²) in [5, 5.41) is 8.74. The first-order valence-electron chi connectivity index (χ1n) is 4.44. The SMILES string of the molecule is O=C(O)c1ccc(F)c(B2OCCO2)c1. The smallest absolute Gasteiger partial charge is 0.478 e. The van der Waals surface area contributed by atoms with E-state index in [0.29, 0.717) is 13.2 Å². The highest BCUT2D eigenvalue weighted by Crippen LogP contribution is 2.06. The molecule has 1 aromatic carbocycles. The van der Waals surface area contributed by atoms with Crippen molar-refractivity contribution in [3.63, 3.8) is 0 Å². The van der Waals surface area contributed by atoms with Gasteiger partial charge in [0.2, 0.25) is 0 Å². The Kier molecular flexibility index (Phi) is 2.70. The van der Waals surface area contributed by atoms with E-state index in [0.717, 1.165) is 6.07 Å². The summed E-state index contributed by atoms with van der Waals surface area (Å²) >= 11 is 0. The molecule has 1 fully saturated rings. The minimum absolute atomic E-state index is 0.0190. The van der Waals surface area contributed by atoms with Crippen LogP contribution in [0, 0.1) is 5.82 Å². The number of benzene rings is 1. The van der Waals surface area contributed by atoms with Crippen LogP contribution in [-0.4, -0.2) is 31.4 Å². The fourth-order valence-electron chi connectivity index (χ4n) is 1.40. The molecule has 4 nitrogen and oxygen atoms in total. The van der Waals surface area contributed by atoms with Gasteiger partial charge in [0.05, 0.1) is 18.8 Å². The fraction of sp³-hybridized carbons (Fsp3) is 0.222. The first-order valence-corrected chi connectivity index (χ1v) is 4.44. The van der Waals surface area contributed by atoms with Gasteiger partial charge in [-0.05, 0) is 18.2 Å². The van der Waals surface area contributed by atoms with Crippen molar-refractivity contribution < 1.29 is 23.6 Å². The van der Waals surface area contributed by atoms with Crippen LogP contribution < -0.4 is 5.46 Å². The second-order valence-electron chi connectivity index (χ2n) is 3.11. The molecule has 0 atom stereocenters. The van der Waals surface area contributed by atoms with Crippen LogP contribution in [0.2, 0.25) is 0 Å². The molecule has 1 saturated heterocycles. The fourth-order valence-corrected chi connectivity index (χ4v) is 1.40. The van der Waals surface area contributed by atoms with Crippen molar-refractivity contribution in [1.29, 1.82) is 0 Å². The molecule has 1 aliphatic rings. The van der Waals surface area contributed by atoms with Gasteiger partial charge in [0.1, 0.15) is 5.82 Å². The van der Waals surface area contributed by atoms with Crippen molar-refractivity contribution >= 4 is 18.6 Å². The normalized spacial score (nSPS) is 15.7. The third kappa shape index (κ3) is 2.00. The van der Waals surface area contributed by atoms with Crippen LogP contribution in [0.25, 0.3) is 0 Å². The van der Waals surface area contributed by atoms with Crippen LogP contribution >= 0.6 is 0 Å². The first kappa shape index (κ1) is 10.1. The average molecular weight is 210 g/mol. The molecule has 6 heteroatoms. The summed E-state index contributed by atoms with van der Waals surface area (Å²) in [6.45, 7) is 0.781. The Morgan fingerprint density at radius 2 is 2.07 bits per heavy atom. The second kappa shape index (κ2) is 4.00. The van der Waals surface area contributed by atoms with Gasteiger partial charge in [0.25, 0.3) is 0 Å². The minimum Gasteiger partial charge on any atom is -0.478 e. The molecule has 2 rings (SSSR count). The Bertz CT molecular complexity index is 390. The number of hydrogen-bond acceptors (Lipinski definition) is 3. The van der Waals surface area contributed by atoms with Gasteiger partial charge in [0.15, 0.2) is 0 Å². The van der Waals surface area contributed by atoms with Gasteiger partial charge in [-0.15, -0.1) is 0 Å². The van der Waals surface area contributed by atoms with Gasteiger partial charge in [-0.2, -0.15) is 0 Å². The number of aromatic carboxylic acids is 1. The van der Waals surface area contributed by atoms with Crippen LogP contribution in [0.3, 0.4) is 0 Å². The molecule has 0 amide bonds. The molecular formula is C9H8BFO4. The van der Waals surface area contributed by atoms with Crippen molar-refractivity contribution in [3.8, 4) is 0 Å². The molecule has 0 aliphatic carbocycles. The van der Waals surface area contributed by atoms with Gasteiger partial charge in [-0.3, -0.25) is 0 Å². The molecule has 0 bridgehead atoms. The lowest BCUT2D eigenvalue weighted by atomic mass is 9.78. The summed E-state index contributed by atoms with van der Waals surface area (Å²) in [7, 11) is -0.788. The molecule has 1 aromatic rings. The maximum Gasteiger partial charge on any atom is 0.497 e. The molecule has 15 heavy (non-hydrogen) atoms. The van der Waals surface area contributed by atoms with E-state index >= 15 is 0 Å². The topological polar surface area (TPSA) is 55.8 Å². The predicted molar refractivity (Wildman–Crippen MR) is 50.7 cm³/mol. The van der Waals surface area contributed by atoms with E-state index < -0.39 is 18.9 Å². The lowest BCUT2D eigenvalue weighted by molar-refractivity contribution is 0.0697. The molecular weight excluding hydrogens is 202 g/mol. The maximum absolute atomic E-state index is 13.3. The third-order valence-corrected chi connectivity index (χ3v) is 2.12. The third-order valence-electron chi connectivity index (χ3n) is 2.12. The zero-order valence-electron chi connectivity index (χ0n) is 7.77. The van der Waals surface area contributed by atoms with Crippen LogP contribution in [-0.2, 0) is 9.31 Å². The summed E-state index contributed by atoms with van der Waals surface area (Å²) in [6, 6.07) is 3.54. The highest BCUT2D eigenvalue weighted by atomic mass is 19.1. The number of carboxylic acids is 1. The van der Waals surface area contributed by atoms with E-state index in [1.54, 1.807) is 0 Å². The average Bonchev–Trinajstić information content (AvgIpc) is 2.71. The van der Waals surface area contributed by atoms with Crippen molar-refractivity contribution in [2.75, 3.05) is 13.2 Å². The van der Waals surface area contributed by atoms with Crippen molar-refractivity contribution in [2.24, 2.45) is 0 Å². The largest absolute Gasteiger partial charge is 0.497 e. The van der Waals surface area contributed by atoms with Crippen LogP contribution in [0.15, 0.2) is 18.2 Å². The van der Waals surface area contributed by atoms with Gasteiger partial charge >= 0.3 is 13.1 Å². The summed E-state index contributed by atoms with van der Waals surface area (Å²) < 4.78 is 23.5. The van der Waals surface area contributed by atoms with Crippen molar-refractivity contribution in [3.05, 3.63) is 29.6 Å². The Labute approximate surface area is 85.8 Å². The van der Waals surface area contributed by atoms with Crippen LogP contribution in [0.4, 0.5) is 4.39 Å². The second-order valence-corrected chi connectivity index (χ2v) is 3.11. The molecule has 78 valence electrons. The van der Waals surface area contributed by atoms with E-state index in [1.807, 2.05) is 0 Å². The Morgan fingerprint density at radius 3 is 2.67 bits per heavy atom. The molecule has 0 saturated carbocycles. The first-order chi connectivity index (χ1) is 7.18. The van der Waals surface area contributed by atoms with Crippen molar-refractivity contribution in [1.82, 2.24) is 0 Å². The Hall–Kier alpha value is -1.40. The zero-order chi connectivity index (χ0) is 10.8. The zero-order valence-corrected chi connectivity index (χ0v) is 7.77. The monoisotopic (exact) mass is 210 g/mol. The molecule has 1 aliphatic heterocycles. The van der Waals surface area contributed by atoms with E-state index in [1.165, 1.54) is 12.1 Å². The van der Waals surface area contributed by atoms with E-state index in [4.69, 9.17) is 14.4 Å². The van der Waals surface area contributed by atoms with Gasteiger partial charge < -0.3 is 14.4 Å². The summed E-state index contributed by atoms with van der Waals surface area (Å²) in [6.07, 6.45) is 0. The van der Waals surface area contributed by atoms with E-state index in [9.17, 15) is 9.18 Å². The quantitative estimate of drug-likeness (QED) is 0.711. The lowest BCUT2D eigenvalue weighted by Gasteiger charge is -2.06. The van der Waals surface area contributed by atoms with Gasteiger partial charge in [-0.1, -0.05) is 0 Å². The number of rotatable bonds is 2. The van der Waals surface area contributed by atoms with Gasteiger partial charge in [-0.25, -0.2) is 9.18 Å². The van der Waals surface area contributed by atoms with Crippen molar-refractivity contribution in [2.45, 2.75) is 0 Å². The summed E-state index contributed by atoms with van der Waals surface area (Å²) in [5.41, 5.74) is 0.151. The standard InChI is InChI=1S/C9H8BFO4/c11-8-2-1-6(9(12)13)5-7(8)10-14-3-4-15-10/h1-2,5H,3-4H2,(H,12,13). The molecule has 0 radical (unpaired) electrons. The Balaban J connectivity index is 2.35. The molecule has 1 N–H and O–H groups in total. The predicted octanol–water partition coefficient (Wildman–Crippen LogP) is 0.266. The Morgan fingerprint density at radius 1 is 1.40 bits per heavy atom. The highest BCUT2D eigenvalue weighted by molar-refractivity contribution is 6.61. The van der Waals surface area contributed by atoms with Crippen LogP contribution in [0.5, 0.6) is 0 Å². The molecule has 0 spiro atoms. The maximum atomic E-state index is 13.3. The number of carbonyl (C=O) groups is 1.